The van der Waals surface area contributed by atoms with E-state index in [9.17, 15) is 9.18 Å². The molecule has 1 N–H and O–H groups in total. The molecule has 26 heavy (non-hydrogen) atoms. The van der Waals surface area contributed by atoms with Crippen molar-refractivity contribution >= 4 is 11.7 Å². The summed E-state index contributed by atoms with van der Waals surface area (Å²) < 4.78 is 13.0. The minimum absolute atomic E-state index is 0.0338. The Bertz CT molecular complexity index is 896. The van der Waals surface area contributed by atoms with E-state index in [1.807, 2.05) is 12.1 Å². The number of rotatable bonds is 4. The van der Waals surface area contributed by atoms with E-state index < -0.39 is 5.95 Å². The highest BCUT2D eigenvalue weighted by molar-refractivity contribution is 5.95. The molecule has 132 valence electrons. The fourth-order valence-electron chi connectivity index (χ4n) is 3.23. The Hall–Kier alpha value is -3.16. The number of hydrogen-bond acceptors (Lipinski definition) is 5. The maximum absolute atomic E-state index is 13.0. The fraction of sp³-hybridized carbons (Fsp3) is 0.278. The molecule has 4 heterocycles. The number of hydrogen-bond donors (Lipinski definition) is 1. The number of aromatic nitrogens is 5. The molecule has 1 aliphatic rings. The van der Waals surface area contributed by atoms with Gasteiger partial charge in [0.15, 0.2) is 5.82 Å². The van der Waals surface area contributed by atoms with Crippen molar-refractivity contribution in [3.63, 3.8) is 0 Å². The number of nitrogens with one attached hydrogen (secondary N) is 1. The molecule has 0 radical (unpaired) electrons. The molecule has 1 saturated heterocycles. The monoisotopic (exact) mass is 352 g/mol. The molecule has 4 rings (SSSR count). The van der Waals surface area contributed by atoms with Gasteiger partial charge in [-0.3, -0.25) is 14.8 Å². The Kier molecular flexibility index (Phi) is 4.39. The topological polar surface area (TPSA) is 87.7 Å². The minimum atomic E-state index is -0.514. The summed E-state index contributed by atoms with van der Waals surface area (Å²) in [5.74, 6) is -0.0334. The number of carbonyl (C=O) groups is 1. The van der Waals surface area contributed by atoms with Gasteiger partial charge in [0.05, 0.1) is 18.1 Å². The lowest BCUT2D eigenvalue weighted by atomic mass is 9.91. The maximum Gasteiger partial charge on any atom is 0.231 e. The Morgan fingerprint density at radius 1 is 1.23 bits per heavy atom. The first-order chi connectivity index (χ1) is 12.7. The molecule has 7 nitrogen and oxygen atoms in total. The first-order valence-corrected chi connectivity index (χ1v) is 8.45. The van der Waals surface area contributed by atoms with E-state index in [2.05, 4.69) is 25.4 Å². The zero-order valence-electron chi connectivity index (χ0n) is 14.0. The molecule has 0 aliphatic carbocycles. The number of amides is 1. The normalized spacial score (nSPS) is 17.5. The van der Waals surface area contributed by atoms with Gasteiger partial charge in [-0.2, -0.15) is 19.7 Å². The summed E-state index contributed by atoms with van der Waals surface area (Å²) in [5, 5.41) is 14.8. The third-order valence-corrected chi connectivity index (χ3v) is 4.56. The lowest BCUT2D eigenvalue weighted by molar-refractivity contribution is -0.123. The zero-order valence-corrected chi connectivity index (χ0v) is 14.0. The number of H-pyrrole nitrogens is 1. The van der Waals surface area contributed by atoms with Crippen LogP contribution < -0.4 is 4.90 Å². The highest BCUT2D eigenvalue weighted by Crippen LogP contribution is 2.28. The molecule has 3 aromatic heterocycles. The van der Waals surface area contributed by atoms with E-state index in [0.29, 0.717) is 18.8 Å². The molecule has 1 aliphatic heterocycles. The van der Waals surface area contributed by atoms with E-state index in [1.54, 1.807) is 23.4 Å². The summed E-state index contributed by atoms with van der Waals surface area (Å²) in [5.41, 5.74) is 2.50. The standard InChI is InChI=1S/C18H17FN6O/c19-16-4-3-12(10-20-16)8-13-2-1-7-25(18(13)26)17-9-15(23-24-17)14-5-6-21-22-11-14/h3-6,9-11,13H,1-2,7-8H2,(H,23,24)/t13-/m0/s1. The molecule has 0 spiro atoms. The van der Waals surface area contributed by atoms with Gasteiger partial charge in [-0.05, 0) is 37.0 Å². The van der Waals surface area contributed by atoms with Crippen LogP contribution in [0.3, 0.4) is 0 Å². The third kappa shape index (κ3) is 3.30. The molecule has 0 saturated carbocycles. The van der Waals surface area contributed by atoms with Crippen LogP contribution in [-0.2, 0) is 11.2 Å². The first kappa shape index (κ1) is 16.3. The van der Waals surface area contributed by atoms with Gasteiger partial charge in [-0.1, -0.05) is 6.07 Å². The number of nitrogens with zero attached hydrogens (tertiary/aromatic N) is 5. The summed E-state index contributed by atoms with van der Waals surface area (Å²) in [6.07, 6.45) is 6.98. The van der Waals surface area contributed by atoms with Crippen molar-refractivity contribution in [2.75, 3.05) is 11.4 Å². The second kappa shape index (κ2) is 6.99. The van der Waals surface area contributed by atoms with Crippen molar-refractivity contribution in [2.45, 2.75) is 19.3 Å². The Morgan fingerprint density at radius 3 is 2.92 bits per heavy atom. The minimum Gasteiger partial charge on any atom is -0.295 e. The van der Waals surface area contributed by atoms with Crippen LogP contribution in [0.15, 0.2) is 42.9 Å². The molecule has 1 atom stereocenters. The lowest BCUT2D eigenvalue weighted by Gasteiger charge is -2.30. The third-order valence-electron chi connectivity index (χ3n) is 4.56. The number of carbonyl (C=O) groups excluding carboxylic acids is 1. The van der Waals surface area contributed by atoms with E-state index in [4.69, 9.17) is 0 Å². The quantitative estimate of drug-likeness (QED) is 0.729. The Morgan fingerprint density at radius 2 is 2.15 bits per heavy atom. The van der Waals surface area contributed by atoms with Gasteiger partial charge in [0.2, 0.25) is 11.9 Å². The number of piperidine rings is 1. The maximum atomic E-state index is 13.0. The second-order valence-electron chi connectivity index (χ2n) is 6.29. The summed E-state index contributed by atoms with van der Waals surface area (Å²) >= 11 is 0. The van der Waals surface area contributed by atoms with Crippen LogP contribution in [0.5, 0.6) is 0 Å². The Balaban J connectivity index is 1.51. The van der Waals surface area contributed by atoms with E-state index >= 15 is 0 Å². The van der Waals surface area contributed by atoms with Crippen LogP contribution in [-0.4, -0.2) is 37.8 Å². The summed E-state index contributed by atoms with van der Waals surface area (Å²) in [6.45, 7) is 0.635. The average molecular weight is 352 g/mol. The number of anilines is 1. The van der Waals surface area contributed by atoms with Crippen molar-refractivity contribution in [1.29, 1.82) is 0 Å². The van der Waals surface area contributed by atoms with Crippen LogP contribution in [0.1, 0.15) is 18.4 Å². The fourth-order valence-corrected chi connectivity index (χ4v) is 3.23. The molecule has 8 heteroatoms. The highest BCUT2D eigenvalue weighted by atomic mass is 19.1. The number of halogens is 1. The average Bonchev–Trinajstić information content (AvgIpc) is 3.16. The van der Waals surface area contributed by atoms with Crippen LogP contribution >= 0.6 is 0 Å². The molecular formula is C18H17FN6O. The van der Waals surface area contributed by atoms with Crippen LogP contribution in [0.25, 0.3) is 11.3 Å². The first-order valence-electron chi connectivity index (χ1n) is 8.45. The van der Waals surface area contributed by atoms with Crippen LogP contribution in [0.2, 0.25) is 0 Å². The predicted molar refractivity (Wildman–Crippen MR) is 92.6 cm³/mol. The lowest BCUT2D eigenvalue weighted by Crippen LogP contribution is -2.42. The van der Waals surface area contributed by atoms with Gasteiger partial charge < -0.3 is 0 Å². The van der Waals surface area contributed by atoms with E-state index in [0.717, 1.165) is 29.7 Å². The molecule has 0 aromatic carbocycles. The zero-order chi connectivity index (χ0) is 17.9. The SMILES string of the molecule is O=C1[C@H](Cc2ccc(F)nc2)CCCN1c1cc(-c2ccnnc2)[nH]n1. The van der Waals surface area contributed by atoms with Crippen LogP contribution in [0, 0.1) is 11.9 Å². The smallest absolute Gasteiger partial charge is 0.231 e. The van der Waals surface area contributed by atoms with Gasteiger partial charge >= 0.3 is 0 Å². The second-order valence-corrected chi connectivity index (χ2v) is 6.29. The molecule has 3 aromatic rings. The highest BCUT2D eigenvalue weighted by Gasteiger charge is 2.31. The van der Waals surface area contributed by atoms with Crippen molar-refractivity contribution in [2.24, 2.45) is 5.92 Å². The Labute approximate surface area is 149 Å². The largest absolute Gasteiger partial charge is 0.295 e. The van der Waals surface area contributed by atoms with Gasteiger partial charge in [-0.15, -0.1) is 0 Å². The molecule has 0 unspecified atom stereocenters. The van der Waals surface area contributed by atoms with Crippen molar-refractivity contribution in [3.05, 3.63) is 54.4 Å². The van der Waals surface area contributed by atoms with E-state index in [1.165, 1.54) is 12.3 Å². The van der Waals surface area contributed by atoms with Gasteiger partial charge in [-0.25, -0.2) is 4.98 Å². The van der Waals surface area contributed by atoms with Gasteiger partial charge in [0, 0.05) is 30.3 Å². The van der Waals surface area contributed by atoms with Crippen LogP contribution in [0.4, 0.5) is 10.2 Å². The molecule has 0 bridgehead atoms. The number of aromatic amines is 1. The van der Waals surface area contributed by atoms with Crippen molar-refractivity contribution in [3.8, 4) is 11.3 Å². The summed E-state index contributed by atoms with van der Waals surface area (Å²) in [6, 6.07) is 6.67. The van der Waals surface area contributed by atoms with Gasteiger partial charge in [0.1, 0.15) is 0 Å². The molecule has 1 amide bonds. The summed E-state index contributed by atoms with van der Waals surface area (Å²) in [4.78, 5) is 18.3. The van der Waals surface area contributed by atoms with E-state index in [-0.39, 0.29) is 11.8 Å². The van der Waals surface area contributed by atoms with Gasteiger partial charge in [0.25, 0.3) is 0 Å². The summed E-state index contributed by atoms with van der Waals surface area (Å²) in [7, 11) is 0. The van der Waals surface area contributed by atoms with Crippen molar-refractivity contribution in [1.82, 2.24) is 25.4 Å². The number of pyridine rings is 1. The molecular weight excluding hydrogens is 335 g/mol. The predicted octanol–water partition coefficient (Wildman–Crippen LogP) is 2.39. The van der Waals surface area contributed by atoms with Crippen molar-refractivity contribution < 1.29 is 9.18 Å². The molecule has 1 fully saturated rings.